The molecule has 0 aliphatic heterocycles. The lowest BCUT2D eigenvalue weighted by atomic mass is 10.4. The Morgan fingerprint density at radius 1 is 1.50 bits per heavy atom. The molecule has 0 radical (unpaired) electrons. The minimum absolute atomic E-state index is 0.0557. The molecular formula is C11H13N5O3S. The van der Waals surface area contributed by atoms with E-state index in [4.69, 9.17) is 5.11 Å². The third-order valence-corrected chi connectivity index (χ3v) is 3.37. The molecular weight excluding hydrogens is 282 g/mol. The summed E-state index contributed by atoms with van der Waals surface area (Å²) in [7, 11) is 1.66. The zero-order chi connectivity index (χ0) is 14.7. The van der Waals surface area contributed by atoms with Crippen molar-refractivity contribution in [2.75, 3.05) is 7.05 Å². The number of likely N-dealkylation sites (N-methyl/N-ethyl adjacent to an activating group) is 1. The van der Waals surface area contributed by atoms with Crippen molar-refractivity contribution in [2.24, 2.45) is 0 Å². The van der Waals surface area contributed by atoms with Crippen molar-refractivity contribution in [3.8, 4) is 0 Å². The van der Waals surface area contributed by atoms with Crippen LogP contribution in [0.1, 0.15) is 21.2 Å². The van der Waals surface area contributed by atoms with Crippen molar-refractivity contribution in [2.45, 2.75) is 20.0 Å². The first kappa shape index (κ1) is 14.1. The van der Waals surface area contributed by atoms with Crippen LogP contribution in [0.3, 0.4) is 0 Å². The molecule has 0 spiro atoms. The third kappa shape index (κ3) is 3.38. The smallest absolute Gasteiger partial charge is 0.358 e. The largest absolute Gasteiger partial charge is 0.476 e. The zero-order valence-corrected chi connectivity index (χ0v) is 11.8. The Balaban J connectivity index is 1.94. The summed E-state index contributed by atoms with van der Waals surface area (Å²) in [5.41, 5.74) is 0.642. The number of aromatic nitrogens is 4. The minimum Gasteiger partial charge on any atom is -0.476 e. The van der Waals surface area contributed by atoms with Crippen LogP contribution in [0.15, 0.2) is 11.6 Å². The topological polar surface area (TPSA) is 101 Å². The molecule has 0 fully saturated rings. The second-order valence-corrected chi connectivity index (χ2v) is 5.28. The highest BCUT2D eigenvalue weighted by atomic mass is 32.1. The summed E-state index contributed by atoms with van der Waals surface area (Å²) < 4.78 is 1.20. The summed E-state index contributed by atoms with van der Waals surface area (Å²) in [6.45, 7) is 2.25. The van der Waals surface area contributed by atoms with E-state index in [1.807, 2.05) is 12.3 Å². The molecule has 0 aromatic carbocycles. The molecule has 8 nitrogen and oxygen atoms in total. The average Bonchev–Trinajstić information content (AvgIpc) is 2.98. The van der Waals surface area contributed by atoms with Crippen LogP contribution in [0.2, 0.25) is 0 Å². The highest BCUT2D eigenvalue weighted by molar-refractivity contribution is 7.09. The fourth-order valence-electron chi connectivity index (χ4n) is 1.55. The van der Waals surface area contributed by atoms with Gasteiger partial charge in [0.15, 0.2) is 5.69 Å². The number of hydrogen-bond acceptors (Lipinski definition) is 6. The van der Waals surface area contributed by atoms with Crippen LogP contribution in [0.4, 0.5) is 0 Å². The Bertz CT molecular complexity index is 636. The number of rotatable bonds is 5. The van der Waals surface area contributed by atoms with Gasteiger partial charge in [-0.2, -0.15) is 0 Å². The second kappa shape index (κ2) is 5.78. The number of amides is 1. The van der Waals surface area contributed by atoms with Gasteiger partial charge in [0.2, 0.25) is 5.91 Å². The van der Waals surface area contributed by atoms with E-state index in [1.165, 1.54) is 27.1 Å². The first-order valence-corrected chi connectivity index (χ1v) is 6.62. The van der Waals surface area contributed by atoms with E-state index in [0.717, 1.165) is 10.7 Å². The van der Waals surface area contributed by atoms with E-state index in [2.05, 4.69) is 15.3 Å². The van der Waals surface area contributed by atoms with Gasteiger partial charge >= 0.3 is 5.97 Å². The summed E-state index contributed by atoms with van der Waals surface area (Å²) in [4.78, 5) is 28.4. The van der Waals surface area contributed by atoms with Crippen LogP contribution in [-0.4, -0.2) is 48.9 Å². The molecule has 0 aliphatic carbocycles. The van der Waals surface area contributed by atoms with Gasteiger partial charge in [0.05, 0.1) is 23.4 Å². The molecule has 1 amide bonds. The van der Waals surface area contributed by atoms with E-state index in [9.17, 15) is 9.59 Å². The van der Waals surface area contributed by atoms with Crippen LogP contribution in [-0.2, 0) is 17.9 Å². The Labute approximate surface area is 118 Å². The van der Waals surface area contributed by atoms with Crippen molar-refractivity contribution < 1.29 is 14.7 Å². The highest BCUT2D eigenvalue weighted by Gasteiger charge is 2.14. The lowest BCUT2D eigenvalue weighted by Crippen LogP contribution is -2.30. The Morgan fingerprint density at radius 3 is 2.80 bits per heavy atom. The molecule has 0 unspecified atom stereocenters. The standard InChI is InChI=1S/C11H13N5O3S/c1-7-12-8(6-20-7)3-15(2)10(17)5-16-4-9(11(18)19)13-14-16/h4,6H,3,5H2,1-2H3,(H,18,19). The second-order valence-electron chi connectivity index (χ2n) is 4.21. The van der Waals surface area contributed by atoms with E-state index >= 15 is 0 Å². The molecule has 0 saturated carbocycles. The zero-order valence-electron chi connectivity index (χ0n) is 11.0. The first-order valence-electron chi connectivity index (χ1n) is 5.74. The fraction of sp³-hybridized carbons (Fsp3) is 0.364. The Hall–Kier alpha value is -2.29. The summed E-state index contributed by atoms with van der Waals surface area (Å²) in [5.74, 6) is -1.37. The summed E-state index contributed by atoms with van der Waals surface area (Å²) in [6, 6.07) is 0. The van der Waals surface area contributed by atoms with Gasteiger partial charge < -0.3 is 10.0 Å². The highest BCUT2D eigenvalue weighted by Crippen LogP contribution is 2.10. The number of nitrogens with zero attached hydrogens (tertiary/aromatic N) is 5. The number of aryl methyl sites for hydroxylation is 1. The number of aromatic carboxylic acids is 1. The van der Waals surface area contributed by atoms with Gasteiger partial charge in [0.25, 0.3) is 0 Å². The van der Waals surface area contributed by atoms with Crippen molar-refractivity contribution in [1.82, 2.24) is 24.9 Å². The van der Waals surface area contributed by atoms with Crippen molar-refractivity contribution in [1.29, 1.82) is 0 Å². The number of carbonyl (C=O) groups is 2. The van der Waals surface area contributed by atoms with Gasteiger partial charge in [0, 0.05) is 12.4 Å². The molecule has 2 rings (SSSR count). The Morgan fingerprint density at radius 2 is 2.25 bits per heavy atom. The van der Waals surface area contributed by atoms with Crippen molar-refractivity contribution >= 4 is 23.2 Å². The normalized spacial score (nSPS) is 10.5. The fourth-order valence-corrected chi connectivity index (χ4v) is 2.15. The van der Waals surface area contributed by atoms with Gasteiger partial charge in [-0.25, -0.2) is 14.5 Å². The van der Waals surface area contributed by atoms with Crippen LogP contribution in [0, 0.1) is 6.92 Å². The number of carboxylic acids is 1. The van der Waals surface area contributed by atoms with Crippen LogP contribution < -0.4 is 0 Å². The number of thiazole rings is 1. The van der Waals surface area contributed by atoms with E-state index in [1.54, 1.807) is 7.05 Å². The lowest BCUT2D eigenvalue weighted by molar-refractivity contribution is -0.131. The van der Waals surface area contributed by atoms with E-state index in [0.29, 0.717) is 6.54 Å². The summed E-state index contributed by atoms with van der Waals surface area (Å²) >= 11 is 1.53. The molecule has 20 heavy (non-hydrogen) atoms. The summed E-state index contributed by atoms with van der Waals surface area (Å²) in [6.07, 6.45) is 1.22. The SMILES string of the molecule is Cc1nc(CN(C)C(=O)Cn2cc(C(=O)O)nn2)cs1. The van der Waals surface area contributed by atoms with Crippen molar-refractivity contribution in [3.05, 3.63) is 28.0 Å². The van der Waals surface area contributed by atoms with Crippen LogP contribution in [0.5, 0.6) is 0 Å². The van der Waals surface area contributed by atoms with Crippen LogP contribution in [0.25, 0.3) is 0 Å². The van der Waals surface area contributed by atoms with Crippen molar-refractivity contribution in [3.63, 3.8) is 0 Å². The van der Waals surface area contributed by atoms with Gasteiger partial charge in [0.1, 0.15) is 6.54 Å². The molecule has 1 N–H and O–H groups in total. The van der Waals surface area contributed by atoms with Gasteiger partial charge in [-0.1, -0.05) is 5.21 Å². The van der Waals surface area contributed by atoms with E-state index < -0.39 is 5.97 Å². The summed E-state index contributed by atoms with van der Waals surface area (Å²) in [5, 5.41) is 18.6. The molecule has 106 valence electrons. The maximum absolute atomic E-state index is 12.0. The van der Waals surface area contributed by atoms with Gasteiger partial charge in [-0.15, -0.1) is 16.4 Å². The molecule has 0 atom stereocenters. The molecule has 2 aromatic rings. The lowest BCUT2D eigenvalue weighted by Gasteiger charge is -2.15. The van der Waals surface area contributed by atoms with Gasteiger partial charge in [-0.05, 0) is 6.92 Å². The number of carboxylic acid groups (broad SMARTS) is 1. The Kier molecular flexibility index (Phi) is 4.08. The average molecular weight is 295 g/mol. The third-order valence-electron chi connectivity index (χ3n) is 2.55. The first-order chi connectivity index (χ1) is 9.45. The van der Waals surface area contributed by atoms with Gasteiger partial charge in [-0.3, -0.25) is 4.79 Å². The minimum atomic E-state index is -1.17. The van der Waals surface area contributed by atoms with E-state index in [-0.39, 0.29) is 18.1 Å². The van der Waals surface area contributed by atoms with Crippen LogP contribution >= 0.6 is 11.3 Å². The molecule has 0 aliphatic rings. The maximum atomic E-state index is 12.0. The molecule has 0 bridgehead atoms. The predicted octanol–water partition coefficient (Wildman–Crippen LogP) is 0.400. The molecule has 2 heterocycles. The number of carbonyl (C=O) groups excluding carboxylic acids is 1. The predicted molar refractivity (Wildman–Crippen MR) is 70.3 cm³/mol. The molecule has 2 aromatic heterocycles. The quantitative estimate of drug-likeness (QED) is 0.856. The molecule has 9 heteroatoms. The number of hydrogen-bond donors (Lipinski definition) is 1. The maximum Gasteiger partial charge on any atom is 0.358 e. The monoisotopic (exact) mass is 295 g/mol. The molecule has 0 saturated heterocycles.